The fourth-order valence-corrected chi connectivity index (χ4v) is 4.17. The van der Waals surface area contributed by atoms with Crippen molar-refractivity contribution in [3.8, 4) is 0 Å². The molecule has 3 heteroatoms. The maximum atomic E-state index is 6.05. The smallest absolute Gasteiger partial charge is 0.0697 e. The predicted molar refractivity (Wildman–Crippen MR) is 73.8 cm³/mol. The third-order valence-corrected chi connectivity index (χ3v) is 5.56. The Labute approximate surface area is 111 Å². The average Bonchev–Trinajstić information content (AvgIpc) is 2.37. The Bertz CT molecular complexity index is 290. The molecule has 1 N–H and O–H groups in total. The van der Waals surface area contributed by atoms with Crippen LogP contribution in [0.15, 0.2) is 0 Å². The Hall–Kier alpha value is -0.120. The second kappa shape index (κ2) is 5.10. The van der Waals surface area contributed by atoms with E-state index in [0.717, 1.165) is 24.6 Å². The maximum absolute atomic E-state index is 6.05. The minimum atomic E-state index is 0.298. The summed E-state index contributed by atoms with van der Waals surface area (Å²) in [5.41, 5.74) is 0.298. The number of rotatable bonds is 2. The normalized spacial score (nSPS) is 40.7. The third kappa shape index (κ3) is 2.33. The van der Waals surface area contributed by atoms with Crippen LogP contribution in [0.2, 0.25) is 0 Å². The van der Waals surface area contributed by atoms with Crippen molar-refractivity contribution in [3.05, 3.63) is 0 Å². The minimum Gasteiger partial charge on any atom is -0.375 e. The zero-order chi connectivity index (χ0) is 12.6. The van der Waals surface area contributed by atoms with E-state index in [4.69, 9.17) is 4.74 Å². The van der Waals surface area contributed by atoms with Gasteiger partial charge in [0.25, 0.3) is 0 Å². The standard InChI is InChI=1S/C15H28N2O/c1-12-11-17(8-4-14(12)16-2)13-5-9-18-15(10-13)6-3-7-15/h12-14,16H,3-11H2,1-2H3. The fraction of sp³-hybridized carbons (Fsp3) is 1.00. The van der Waals surface area contributed by atoms with Gasteiger partial charge in [0.1, 0.15) is 0 Å². The van der Waals surface area contributed by atoms with Gasteiger partial charge in [0.2, 0.25) is 0 Å². The van der Waals surface area contributed by atoms with Gasteiger partial charge in [-0.3, -0.25) is 4.90 Å². The van der Waals surface area contributed by atoms with Gasteiger partial charge in [0.15, 0.2) is 0 Å². The van der Waals surface area contributed by atoms with Crippen LogP contribution in [0.5, 0.6) is 0 Å². The van der Waals surface area contributed by atoms with E-state index >= 15 is 0 Å². The van der Waals surface area contributed by atoms with E-state index in [9.17, 15) is 0 Å². The second-order valence-corrected chi connectivity index (χ2v) is 6.69. The molecule has 2 aliphatic heterocycles. The van der Waals surface area contributed by atoms with E-state index in [0.29, 0.717) is 5.60 Å². The van der Waals surface area contributed by atoms with E-state index < -0.39 is 0 Å². The molecule has 0 bridgehead atoms. The third-order valence-electron chi connectivity index (χ3n) is 5.56. The summed E-state index contributed by atoms with van der Waals surface area (Å²) in [6, 6.07) is 1.51. The van der Waals surface area contributed by atoms with Gasteiger partial charge in [-0.2, -0.15) is 0 Å². The van der Waals surface area contributed by atoms with Crippen LogP contribution in [0.4, 0.5) is 0 Å². The van der Waals surface area contributed by atoms with Crippen LogP contribution in [0.1, 0.15) is 45.4 Å². The highest BCUT2D eigenvalue weighted by atomic mass is 16.5. The molecule has 3 nitrogen and oxygen atoms in total. The van der Waals surface area contributed by atoms with Crippen LogP contribution < -0.4 is 5.32 Å². The molecule has 2 heterocycles. The molecule has 0 aromatic carbocycles. The number of hydrogen-bond acceptors (Lipinski definition) is 3. The van der Waals surface area contributed by atoms with Crippen molar-refractivity contribution in [1.82, 2.24) is 10.2 Å². The van der Waals surface area contributed by atoms with Gasteiger partial charge in [-0.15, -0.1) is 0 Å². The summed E-state index contributed by atoms with van der Waals surface area (Å²) in [6.07, 6.45) is 7.85. The molecule has 2 saturated heterocycles. The van der Waals surface area contributed by atoms with Crippen molar-refractivity contribution in [2.75, 3.05) is 26.7 Å². The lowest BCUT2D eigenvalue weighted by molar-refractivity contribution is -0.151. The van der Waals surface area contributed by atoms with Crippen molar-refractivity contribution >= 4 is 0 Å². The molecule has 0 aromatic rings. The molecule has 1 aliphatic carbocycles. The number of hydrogen-bond donors (Lipinski definition) is 1. The Kier molecular flexibility index (Phi) is 3.65. The average molecular weight is 252 g/mol. The highest BCUT2D eigenvalue weighted by molar-refractivity contribution is 4.98. The van der Waals surface area contributed by atoms with Gasteiger partial charge in [-0.05, 0) is 58.0 Å². The molecule has 3 atom stereocenters. The fourth-order valence-electron chi connectivity index (χ4n) is 4.17. The summed E-state index contributed by atoms with van der Waals surface area (Å²) in [7, 11) is 2.11. The molecule has 18 heavy (non-hydrogen) atoms. The van der Waals surface area contributed by atoms with Crippen LogP contribution in [0.25, 0.3) is 0 Å². The van der Waals surface area contributed by atoms with Crippen molar-refractivity contribution in [1.29, 1.82) is 0 Å². The van der Waals surface area contributed by atoms with E-state index in [1.54, 1.807) is 0 Å². The molecule has 0 amide bonds. The first-order chi connectivity index (χ1) is 8.72. The summed E-state index contributed by atoms with van der Waals surface area (Å²) in [5.74, 6) is 0.781. The minimum absolute atomic E-state index is 0.298. The largest absolute Gasteiger partial charge is 0.375 e. The van der Waals surface area contributed by atoms with Crippen molar-refractivity contribution in [2.24, 2.45) is 5.92 Å². The van der Waals surface area contributed by atoms with Crippen LogP contribution >= 0.6 is 0 Å². The molecular formula is C15H28N2O. The summed E-state index contributed by atoms with van der Waals surface area (Å²) in [5, 5.41) is 3.46. The van der Waals surface area contributed by atoms with E-state index in [1.165, 1.54) is 51.6 Å². The van der Waals surface area contributed by atoms with Gasteiger partial charge in [0.05, 0.1) is 5.60 Å². The molecule has 0 aromatic heterocycles. The summed E-state index contributed by atoms with van der Waals surface area (Å²) >= 11 is 0. The maximum Gasteiger partial charge on any atom is 0.0697 e. The molecular weight excluding hydrogens is 224 g/mol. The van der Waals surface area contributed by atoms with Gasteiger partial charge >= 0.3 is 0 Å². The predicted octanol–water partition coefficient (Wildman–Crippen LogP) is 2.02. The van der Waals surface area contributed by atoms with E-state index in [1.807, 2.05) is 0 Å². The van der Waals surface area contributed by atoms with E-state index in [2.05, 4.69) is 24.2 Å². The molecule has 3 unspecified atom stereocenters. The molecule has 3 rings (SSSR count). The van der Waals surface area contributed by atoms with Gasteiger partial charge in [-0.25, -0.2) is 0 Å². The number of nitrogens with one attached hydrogen (secondary N) is 1. The SMILES string of the molecule is CNC1CCN(C2CCOC3(CCC3)C2)CC1C. The topological polar surface area (TPSA) is 24.5 Å². The highest BCUT2D eigenvalue weighted by Gasteiger charge is 2.44. The van der Waals surface area contributed by atoms with Crippen molar-refractivity contribution in [2.45, 2.75) is 63.1 Å². The molecule has 1 saturated carbocycles. The number of ether oxygens (including phenoxy) is 1. The number of piperidine rings is 1. The highest BCUT2D eigenvalue weighted by Crippen LogP contribution is 2.43. The Morgan fingerprint density at radius 2 is 2.11 bits per heavy atom. The quantitative estimate of drug-likeness (QED) is 0.814. The first-order valence-electron chi connectivity index (χ1n) is 7.78. The summed E-state index contributed by atoms with van der Waals surface area (Å²) in [4.78, 5) is 2.75. The van der Waals surface area contributed by atoms with Crippen LogP contribution in [0.3, 0.4) is 0 Å². The van der Waals surface area contributed by atoms with Crippen molar-refractivity contribution < 1.29 is 4.74 Å². The zero-order valence-corrected chi connectivity index (χ0v) is 12.0. The monoisotopic (exact) mass is 252 g/mol. The number of likely N-dealkylation sites (tertiary alicyclic amines) is 1. The molecule has 0 radical (unpaired) electrons. The zero-order valence-electron chi connectivity index (χ0n) is 12.0. The summed E-state index contributed by atoms with van der Waals surface area (Å²) < 4.78 is 6.05. The van der Waals surface area contributed by atoms with Crippen molar-refractivity contribution in [3.63, 3.8) is 0 Å². The van der Waals surface area contributed by atoms with E-state index in [-0.39, 0.29) is 0 Å². The molecule has 3 aliphatic rings. The molecule has 1 spiro atoms. The lowest BCUT2D eigenvalue weighted by Crippen LogP contribution is -2.56. The lowest BCUT2D eigenvalue weighted by Gasteiger charge is -2.51. The Morgan fingerprint density at radius 3 is 2.72 bits per heavy atom. The Balaban J connectivity index is 1.58. The second-order valence-electron chi connectivity index (χ2n) is 6.69. The summed E-state index contributed by atoms with van der Waals surface area (Å²) in [6.45, 7) is 5.93. The number of nitrogens with zero attached hydrogens (tertiary/aromatic N) is 1. The van der Waals surface area contributed by atoms with Crippen LogP contribution in [-0.2, 0) is 4.74 Å². The first-order valence-corrected chi connectivity index (χ1v) is 7.78. The first kappa shape index (κ1) is 12.9. The van der Waals surface area contributed by atoms with Gasteiger partial charge in [0, 0.05) is 25.2 Å². The van der Waals surface area contributed by atoms with Crippen LogP contribution in [0, 0.1) is 5.92 Å². The molecule has 104 valence electrons. The lowest BCUT2D eigenvalue weighted by atomic mass is 9.73. The molecule has 3 fully saturated rings. The Morgan fingerprint density at radius 1 is 1.28 bits per heavy atom. The van der Waals surface area contributed by atoms with Gasteiger partial charge < -0.3 is 10.1 Å². The van der Waals surface area contributed by atoms with Crippen LogP contribution in [-0.4, -0.2) is 49.3 Å². The van der Waals surface area contributed by atoms with Gasteiger partial charge in [-0.1, -0.05) is 6.92 Å².